The zero-order chi connectivity index (χ0) is 44.1. The van der Waals surface area contributed by atoms with Gasteiger partial charge in [-0.1, -0.05) is 159 Å². The highest BCUT2D eigenvalue weighted by atomic mass is 16.7. The molecule has 1 saturated heterocycles. The lowest BCUT2D eigenvalue weighted by atomic mass is 9.98. The first-order valence-corrected chi connectivity index (χ1v) is 24.0. The summed E-state index contributed by atoms with van der Waals surface area (Å²) < 4.78 is 11.1. The van der Waals surface area contributed by atoms with Gasteiger partial charge < -0.3 is 50.5 Å². The summed E-state index contributed by atoms with van der Waals surface area (Å²) in [5, 5.41) is 75.5. The van der Waals surface area contributed by atoms with E-state index in [2.05, 4.69) is 61.7 Å². The van der Waals surface area contributed by atoms with Gasteiger partial charge in [-0.15, -0.1) is 0 Å². The van der Waals surface area contributed by atoms with Crippen LogP contribution in [0.5, 0.6) is 0 Å². The third-order valence-corrected chi connectivity index (χ3v) is 11.3. The Balaban J connectivity index is 2.41. The van der Waals surface area contributed by atoms with Crippen molar-refractivity contribution in [3.63, 3.8) is 0 Å². The SMILES string of the molecule is CCCC/C=C/CC/C=C/CCCC(O)C(O)C(COC1OC(CO)C(O)C(O)C1O)NC(=O)C(O)CCCCCCCC/C=C\C/C=C\CCCCCCCCCCC. The molecule has 9 atom stereocenters. The predicted octanol–water partition coefficient (Wildman–Crippen LogP) is 8.17. The Morgan fingerprint density at radius 3 is 1.63 bits per heavy atom. The van der Waals surface area contributed by atoms with E-state index in [9.17, 15) is 40.5 Å². The second-order valence-electron chi connectivity index (χ2n) is 16.8. The van der Waals surface area contributed by atoms with Gasteiger partial charge in [0.05, 0.1) is 25.4 Å². The molecule has 60 heavy (non-hydrogen) atoms. The minimum Gasteiger partial charge on any atom is -0.394 e. The highest BCUT2D eigenvalue weighted by molar-refractivity contribution is 5.80. The Morgan fingerprint density at radius 1 is 0.583 bits per heavy atom. The molecule has 0 aromatic rings. The van der Waals surface area contributed by atoms with Crippen LogP contribution < -0.4 is 5.32 Å². The molecule has 9 unspecified atom stereocenters. The van der Waals surface area contributed by atoms with Crippen molar-refractivity contribution in [2.75, 3.05) is 13.2 Å². The molecule has 0 aliphatic carbocycles. The summed E-state index contributed by atoms with van der Waals surface area (Å²) in [6.07, 6.45) is 34.6. The first kappa shape index (κ1) is 56.1. The highest BCUT2D eigenvalue weighted by Gasteiger charge is 2.44. The molecule has 11 nitrogen and oxygen atoms in total. The molecule has 0 spiro atoms. The van der Waals surface area contributed by atoms with Crippen molar-refractivity contribution in [2.24, 2.45) is 0 Å². The number of hydrogen-bond acceptors (Lipinski definition) is 10. The van der Waals surface area contributed by atoms with Crippen LogP contribution in [-0.4, -0.2) is 110 Å². The molecule has 0 radical (unpaired) electrons. The van der Waals surface area contributed by atoms with E-state index in [1.54, 1.807) is 0 Å². The lowest BCUT2D eigenvalue weighted by Gasteiger charge is -2.40. The zero-order valence-corrected chi connectivity index (χ0v) is 37.7. The number of carbonyl (C=O) groups is 1. The van der Waals surface area contributed by atoms with Gasteiger partial charge >= 0.3 is 0 Å². The first-order chi connectivity index (χ1) is 29.2. The third kappa shape index (κ3) is 27.9. The van der Waals surface area contributed by atoms with Crippen molar-refractivity contribution in [3.8, 4) is 0 Å². The van der Waals surface area contributed by atoms with Crippen LogP contribution in [0.1, 0.15) is 187 Å². The maximum Gasteiger partial charge on any atom is 0.249 e. The van der Waals surface area contributed by atoms with Crippen LogP contribution in [0.25, 0.3) is 0 Å². The van der Waals surface area contributed by atoms with Crippen molar-refractivity contribution in [1.82, 2.24) is 5.32 Å². The summed E-state index contributed by atoms with van der Waals surface area (Å²) in [6.45, 7) is 3.35. The first-order valence-electron chi connectivity index (χ1n) is 24.0. The van der Waals surface area contributed by atoms with Crippen LogP contribution in [0.2, 0.25) is 0 Å². The van der Waals surface area contributed by atoms with Crippen molar-refractivity contribution >= 4 is 5.91 Å². The normalized spacial score (nSPS) is 22.1. The topological polar surface area (TPSA) is 189 Å². The summed E-state index contributed by atoms with van der Waals surface area (Å²) >= 11 is 0. The van der Waals surface area contributed by atoms with Gasteiger partial charge in [-0.25, -0.2) is 0 Å². The molecule has 0 bridgehead atoms. The summed E-state index contributed by atoms with van der Waals surface area (Å²) in [7, 11) is 0. The number of amides is 1. The van der Waals surface area contributed by atoms with Crippen LogP contribution >= 0.6 is 0 Å². The van der Waals surface area contributed by atoms with Gasteiger partial charge in [-0.2, -0.15) is 0 Å². The summed E-state index contributed by atoms with van der Waals surface area (Å²) in [5.74, 6) is -0.722. The average molecular weight is 852 g/mol. The maximum absolute atomic E-state index is 13.1. The molecule has 1 heterocycles. The largest absolute Gasteiger partial charge is 0.394 e. The van der Waals surface area contributed by atoms with Crippen LogP contribution in [-0.2, 0) is 14.3 Å². The molecule has 1 aliphatic heterocycles. The Morgan fingerprint density at radius 2 is 1.07 bits per heavy atom. The molecule has 1 amide bonds. The van der Waals surface area contributed by atoms with Gasteiger partial charge in [-0.3, -0.25) is 4.79 Å². The third-order valence-electron chi connectivity index (χ3n) is 11.3. The summed E-state index contributed by atoms with van der Waals surface area (Å²) in [5.41, 5.74) is 0. The maximum atomic E-state index is 13.1. The molecule has 350 valence electrons. The van der Waals surface area contributed by atoms with Gasteiger partial charge in [-0.05, 0) is 77.0 Å². The van der Waals surface area contributed by atoms with Crippen LogP contribution in [0, 0.1) is 0 Å². The molecule has 8 N–H and O–H groups in total. The van der Waals surface area contributed by atoms with Crippen molar-refractivity contribution in [2.45, 2.75) is 242 Å². The molecule has 11 heteroatoms. The van der Waals surface area contributed by atoms with E-state index >= 15 is 0 Å². The Hall–Kier alpha value is -1.93. The highest BCUT2D eigenvalue weighted by Crippen LogP contribution is 2.23. The van der Waals surface area contributed by atoms with Crippen LogP contribution in [0.3, 0.4) is 0 Å². The fraction of sp³-hybridized carbons (Fsp3) is 0.816. The van der Waals surface area contributed by atoms with Gasteiger partial charge in [0.1, 0.15) is 36.6 Å². The minimum absolute atomic E-state index is 0.237. The molecule has 0 aromatic carbocycles. The molecule has 1 fully saturated rings. The Labute approximate surface area is 364 Å². The Kier molecular flexibility index (Phi) is 36.2. The van der Waals surface area contributed by atoms with E-state index in [1.807, 2.05) is 6.08 Å². The number of ether oxygens (including phenoxy) is 2. The van der Waals surface area contributed by atoms with Gasteiger partial charge in [0.15, 0.2) is 6.29 Å². The minimum atomic E-state index is -1.67. The van der Waals surface area contributed by atoms with E-state index in [1.165, 1.54) is 77.0 Å². The number of allylic oxidation sites excluding steroid dienone is 8. The molecule has 1 aliphatic rings. The lowest BCUT2D eigenvalue weighted by molar-refractivity contribution is -0.303. The smallest absolute Gasteiger partial charge is 0.249 e. The number of aliphatic hydroxyl groups is 7. The number of rotatable bonds is 39. The van der Waals surface area contributed by atoms with Gasteiger partial charge in [0.2, 0.25) is 5.91 Å². The number of hydrogen-bond donors (Lipinski definition) is 8. The Bertz CT molecular complexity index is 1110. The molecule has 1 rings (SSSR count). The van der Waals surface area contributed by atoms with Crippen LogP contribution in [0.15, 0.2) is 48.6 Å². The van der Waals surface area contributed by atoms with E-state index in [0.29, 0.717) is 19.3 Å². The van der Waals surface area contributed by atoms with Gasteiger partial charge in [0, 0.05) is 0 Å². The van der Waals surface area contributed by atoms with Crippen molar-refractivity contribution in [3.05, 3.63) is 48.6 Å². The van der Waals surface area contributed by atoms with E-state index in [0.717, 1.165) is 64.2 Å². The second kappa shape index (κ2) is 38.7. The lowest BCUT2D eigenvalue weighted by Crippen LogP contribution is -2.60. The molecular formula is C49H89NO10. The number of unbranched alkanes of at least 4 members (excludes halogenated alkanes) is 19. The van der Waals surface area contributed by atoms with E-state index in [4.69, 9.17) is 9.47 Å². The zero-order valence-electron chi connectivity index (χ0n) is 37.7. The van der Waals surface area contributed by atoms with Crippen molar-refractivity contribution in [1.29, 1.82) is 0 Å². The second-order valence-corrected chi connectivity index (χ2v) is 16.8. The van der Waals surface area contributed by atoms with Gasteiger partial charge in [0.25, 0.3) is 0 Å². The average Bonchev–Trinajstić information content (AvgIpc) is 3.25. The standard InChI is InChI=1S/C49H89NO10/c1-3-5-7-9-11-13-15-16-17-18-19-20-21-22-23-24-25-27-29-31-33-35-37-42(53)48(58)50-40(39-59-49-47(57)46(56)45(55)43(38-51)60-49)44(54)41(52)36-34-32-30-28-26-14-12-10-8-6-4-2/h10,12,19-20,22-23,28,30,40-47,49,51-57H,3-9,11,13-18,21,24-27,29,31-39H2,1-2H3,(H,50,58)/b12-10+,20-19-,23-22-,30-28+. The number of nitrogens with one attached hydrogen (secondary N) is 1. The fourth-order valence-electron chi connectivity index (χ4n) is 7.30. The van der Waals surface area contributed by atoms with E-state index < -0.39 is 74.2 Å². The molecule has 0 saturated carbocycles. The van der Waals surface area contributed by atoms with Crippen LogP contribution in [0.4, 0.5) is 0 Å². The van der Waals surface area contributed by atoms with Crippen molar-refractivity contribution < 1.29 is 50.0 Å². The number of carbonyl (C=O) groups excluding carboxylic acids is 1. The van der Waals surface area contributed by atoms with E-state index in [-0.39, 0.29) is 12.8 Å². The molecular weight excluding hydrogens is 763 g/mol. The predicted molar refractivity (Wildman–Crippen MR) is 242 cm³/mol. The fourth-order valence-corrected chi connectivity index (χ4v) is 7.30. The molecule has 0 aromatic heterocycles. The quantitative estimate of drug-likeness (QED) is 0.0221. The number of aliphatic hydroxyl groups excluding tert-OH is 7. The summed E-state index contributed by atoms with van der Waals surface area (Å²) in [4.78, 5) is 13.1. The summed E-state index contributed by atoms with van der Waals surface area (Å²) in [6, 6.07) is -1.20. The monoisotopic (exact) mass is 852 g/mol.